The number of hydrogen-bond donors (Lipinski definition) is 2. The van der Waals surface area contributed by atoms with Crippen molar-refractivity contribution >= 4 is 17.4 Å². The van der Waals surface area contributed by atoms with Crippen LogP contribution in [0.1, 0.15) is 46.6 Å². The fourth-order valence-corrected chi connectivity index (χ4v) is 4.35. The zero-order valence-electron chi connectivity index (χ0n) is 19.8. The van der Waals surface area contributed by atoms with E-state index in [1.54, 1.807) is 34.3 Å². The molecule has 5 rings (SSSR count). The molecule has 9 nitrogen and oxygen atoms in total. The minimum absolute atomic E-state index is 0.00637. The van der Waals surface area contributed by atoms with Crippen molar-refractivity contribution < 1.29 is 18.0 Å². The zero-order valence-corrected chi connectivity index (χ0v) is 19.8. The van der Waals surface area contributed by atoms with Crippen LogP contribution in [0, 0.1) is 12.8 Å². The Balaban J connectivity index is 1.29. The second-order valence-electron chi connectivity index (χ2n) is 8.90. The molecule has 0 saturated heterocycles. The molecule has 0 fully saturated rings. The van der Waals surface area contributed by atoms with E-state index < -0.39 is 12.1 Å². The van der Waals surface area contributed by atoms with Crippen LogP contribution >= 0.6 is 0 Å². The van der Waals surface area contributed by atoms with Crippen LogP contribution in [0.2, 0.25) is 0 Å². The molecule has 1 amide bonds. The molecule has 0 saturated carbocycles. The Bertz CT molecular complexity index is 1440. The molecule has 1 atom stereocenters. The van der Waals surface area contributed by atoms with E-state index in [0.717, 1.165) is 5.56 Å². The van der Waals surface area contributed by atoms with Gasteiger partial charge in [-0.15, -0.1) is 0 Å². The molecule has 0 aliphatic carbocycles. The highest BCUT2D eigenvalue weighted by Gasteiger charge is 2.42. The number of nitrogens with two attached hydrogens (primary N) is 1. The predicted molar refractivity (Wildman–Crippen MR) is 126 cm³/mol. The Kier molecular flexibility index (Phi) is 5.89. The predicted octanol–water partition coefficient (Wildman–Crippen LogP) is 3.50. The number of hydrogen-bond acceptors (Lipinski definition) is 6. The standard InChI is InChI=1S/C24H25F3N8O/c1-3-18-20(34-12-17(28)13(2)30-23(34)31-18)22(36)29-11-14-4-6-15(7-5-14)21-32-19-10-16(24(25,26)27)8-9-35(19)33-21/h4-7,12,16H,3,8-11,28H2,1-2H3,(H,29,36)/t16-/m1/s1. The average molecular weight is 499 g/mol. The van der Waals surface area contributed by atoms with Gasteiger partial charge >= 0.3 is 6.18 Å². The van der Waals surface area contributed by atoms with Crippen molar-refractivity contribution in [3.05, 3.63) is 58.9 Å². The van der Waals surface area contributed by atoms with Crippen LogP contribution < -0.4 is 11.1 Å². The van der Waals surface area contributed by atoms with Crippen LogP contribution in [-0.2, 0) is 25.9 Å². The minimum Gasteiger partial charge on any atom is -0.396 e. The van der Waals surface area contributed by atoms with E-state index in [9.17, 15) is 18.0 Å². The third kappa shape index (κ3) is 4.38. The van der Waals surface area contributed by atoms with E-state index in [1.165, 1.54) is 0 Å². The van der Waals surface area contributed by atoms with Crippen LogP contribution in [0.4, 0.5) is 18.9 Å². The second kappa shape index (κ2) is 8.92. The SMILES string of the molecule is CCc1nc2nc(C)c(N)cn2c1C(=O)NCc1ccc(-c2nc3n(n2)CC[C@@H](C(F)(F)F)C3)cc1. The highest BCUT2D eigenvalue weighted by Crippen LogP contribution is 2.34. The molecule has 3 N–H and O–H groups in total. The number of nitrogen functional groups attached to an aromatic ring is 1. The number of nitrogens with zero attached hydrogens (tertiary/aromatic N) is 6. The number of amides is 1. The van der Waals surface area contributed by atoms with E-state index in [1.807, 2.05) is 19.1 Å². The van der Waals surface area contributed by atoms with E-state index in [0.29, 0.717) is 52.2 Å². The summed E-state index contributed by atoms with van der Waals surface area (Å²) < 4.78 is 42.4. The lowest BCUT2D eigenvalue weighted by molar-refractivity contribution is -0.179. The van der Waals surface area contributed by atoms with Gasteiger partial charge < -0.3 is 11.1 Å². The van der Waals surface area contributed by atoms with Gasteiger partial charge in [-0.25, -0.2) is 19.6 Å². The van der Waals surface area contributed by atoms with Crippen molar-refractivity contribution in [3.8, 4) is 11.4 Å². The molecule has 1 aromatic carbocycles. The number of benzene rings is 1. The third-order valence-electron chi connectivity index (χ3n) is 6.46. The molecular formula is C24H25F3N8O. The van der Waals surface area contributed by atoms with E-state index in [4.69, 9.17) is 5.73 Å². The van der Waals surface area contributed by atoms with E-state index >= 15 is 0 Å². The topological polar surface area (TPSA) is 116 Å². The number of aryl methyl sites for hydroxylation is 3. The number of nitrogens with one attached hydrogen (secondary N) is 1. The van der Waals surface area contributed by atoms with E-state index in [2.05, 4.69) is 25.4 Å². The molecule has 12 heteroatoms. The molecule has 3 aromatic heterocycles. The summed E-state index contributed by atoms with van der Waals surface area (Å²) in [5.74, 6) is -0.520. The van der Waals surface area contributed by atoms with Crippen LogP contribution in [0.5, 0.6) is 0 Å². The first-order chi connectivity index (χ1) is 17.1. The minimum atomic E-state index is -4.23. The van der Waals surface area contributed by atoms with Crippen molar-refractivity contribution in [2.75, 3.05) is 5.73 Å². The van der Waals surface area contributed by atoms with Crippen molar-refractivity contribution in [2.45, 2.75) is 52.4 Å². The van der Waals surface area contributed by atoms with Crippen molar-refractivity contribution in [1.29, 1.82) is 0 Å². The third-order valence-corrected chi connectivity index (χ3v) is 6.46. The normalized spacial score (nSPS) is 15.8. The van der Waals surface area contributed by atoms with Gasteiger partial charge in [0.1, 0.15) is 11.5 Å². The van der Waals surface area contributed by atoms with Crippen LogP contribution in [0.15, 0.2) is 30.5 Å². The van der Waals surface area contributed by atoms with E-state index in [-0.39, 0.29) is 31.8 Å². The highest BCUT2D eigenvalue weighted by molar-refractivity contribution is 5.94. The molecule has 0 unspecified atom stereocenters. The maximum Gasteiger partial charge on any atom is 0.392 e. The first-order valence-electron chi connectivity index (χ1n) is 11.7. The summed E-state index contributed by atoms with van der Waals surface area (Å²) >= 11 is 0. The number of imidazole rings is 1. The number of fused-ring (bicyclic) bond motifs is 2. The Hall–Kier alpha value is -3.96. The summed E-state index contributed by atoms with van der Waals surface area (Å²) in [6.45, 7) is 4.16. The lowest BCUT2D eigenvalue weighted by atomic mass is 9.98. The van der Waals surface area contributed by atoms with Crippen molar-refractivity contribution in [1.82, 2.24) is 34.4 Å². The summed E-state index contributed by atoms with van der Waals surface area (Å²) in [5, 5.41) is 7.29. The number of alkyl halides is 3. The summed E-state index contributed by atoms with van der Waals surface area (Å²) in [5.41, 5.74) is 9.67. The average Bonchev–Trinajstić information content (AvgIpc) is 3.43. The lowest BCUT2D eigenvalue weighted by Crippen LogP contribution is -2.31. The second-order valence-corrected chi connectivity index (χ2v) is 8.90. The molecule has 188 valence electrons. The van der Waals surface area contributed by atoms with Crippen LogP contribution in [0.3, 0.4) is 0 Å². The zero-order chi connectivity index (χ0) is 25.6. The number of aromatic nitrogens is 6. The monoisotopic (exact) mass is 498 g/mol. The number of carbonyl (C=O) groups is 1. The molecule has 0 spiro atoms. The van der Waals surface area contributed by atoms with Gasteiger partial charge in [0.15, 0.2) is 5.82 Å². The smallest absolute Gasteiger partial charge is 0.392 e. The van der Waals surface area contributed by atoms with Gasteiger partial charge in [0, 0.05) is 31.3 Å². The molecule has 4 aromatic rings. The molecular weight excluding hydrogens is 473 g/mol. The Morgan fingerprint density at radius 1 is 1.19 bits per heavy atom. The summed E-state index contributed by atoms with van der Waals surface area (Å²) in [7, 11) is 0. The van der Waals surface area contributed by atoms with Gasteiger partial charge in [-0.2, -0.15) is 18.3 Å². The molecule has 0 bridgehead atoms. The number of halogens is 3. The van der Waals surface area contributed by atoms with Crippen LogP contribution in [0.25, 0.3) is 17.2 Å². The quantitative estimate of drug-likeness (QED) is 0.435. The van der Waals surface area contributed by atoms with Crippen LogP contribution in [-0.4, -0.2) is 41.2 Å². The first-order valence-corrected chi connectivity index (χ1v) is 11.7. The van der Waals surface area contributed by atoms with Gasteiger partial charge in [-0.1, -0.05) is 31.2 Å². The van der Waals surface area contributed by atoms with Crippen molar-refractivity contribution in [2.24, 2.45) is 5.92 Å². The molecule has 36 heavy (non-hydrogen) atoms. The fourth-order valence-electron chi connectivity index (χ4n) is 4.35. The maximum atomic E-state index is 13.1. The summed E-state index contributed by atoms with van der Waals surface area (Å²) in [6.07, 6.45) is -2.17. The summed E-state index contributed by atoms with van der Waals surface area (Å²) in [4.78, 5) is 26.2. The van der Waals surface area contributed by atoms with Gasteiger partial charge in [-0.05, 0) is 25.3 Å². The largest absolute Gasteiger partial charge is 0.396 e. The lowest BCUT2D eigenvalue weighted by Gasteiger charge is -2.24. The molecule has 1 aliphatic heterocycles. The molecule has 4 heterocycles. The van der Waals surface area contributed by atoms with Gasteiger partial charge in [0.05, 0.1) is 23.0 Å². The Morgan fingerprint density at radius 2 is 1.94 bits per heavy atom. The number of rotatable bonds is 5. The van der Waals surface area contributed by atoms with Gasteiger partial charge in [0.2, 0.25) is 5.78 Å². The highest BCUT2D eigenvalue weighted by atomic mass is 19.4. The fraction of sp³-hybridized carbons (Fsp3) is 0.375. The first kappa shape index (κ1) is 23.8. The Labute approximate surface area is 204 Å². The van der Waals surface area contributed by atoms with Gasteiger partial charge in [-0.3, -0.25) is 9.20 Å². The van der Waals surface area contributed by atoms with Crippen molar-refractivity contribution in [3.63, 3.8) is 0 Å². The Morgan fingerprint density at radius 3 is 2.64 bits per heavy atom. The maximum absolute atomic E-state index is 13.1. The number of carbonyl (C=O) groups excluding carboxylic acids is 1. The number of anilines is 1. The summed E-state index contributed by atoms with van der Waals surface area (Å²) in [6, 6.07) is 7.24. The van der Waals surface area contributed by atoms with Gasteiger partial charge in [0.25, 0.3) is 5.91 Å². The molecule has 0 radical (unpaired) electrons. The molecule has 1 aliphatic rings.